The molecule has 0 aliphatic heterocycles. The highest BCUT2D eigenvalue weighted by Crippen LogP contribution is 2.38. The van der Waals surface area contributed by atoms with Gasteiger partial charge in [-0.15, -0.1) is 0 Å². The number of rotatable bonds is 19. The van der Waals surface area contributed by atoms with Gasteiger partial charge in [-0.2, -0.15) is 0 Å². The molecule has 0 atom stereocenters. The standard InChI is InChI=1S/C34H56N2/c1-5-7-9-11-13-15-17-19-21-31-32(22-20-18-16-14-12-10-8-6-2)34(36)28(4)27(3)33(31)29-23-25-30(35)26-24-29/h23-26H,5-22,35-36H2,1-4H3. The van der Waals surface area contributed by atoms with E-state index in [1.165, 1.54) is 136 Å². The van der Waals surface area contributed by atoms with Crippen molar-refractivity contribution in [2.75, 3.05) is 11.5 Å². The summed E-state index contributed by atoms with van der Waals surface area (Å²) in [5, 5.41) is 0. The minimum atomic E-state index is 0.826. The molecular weight excluding hydrogens is 436 g/mol. The van der Waals surface area contributed by atoms with Crippen LogP contribution in [0.3, 0.4) is 0 Å². The molecule has 0 saturated heterocycles. The zero-order chi connectivity index (χ0) is 26.2. The van der Waals surface area contributed by atoms with E-state index in [1.807, 2.05) is 12.1 Å². The lowest BCUT2D eigenvalue weighted by atomic mass is 9.83. The number of unbranched alkanes of at least 4 members (excludes halogenated alkanes) is 14. The van der Waals surface area contributed by atoms with Gasteiger partial charge in [0.1, 0.15) is 0 Å². The fourth-order valence-electron chi connectivity index (χ4n) is 5.63. The molecule has 0 aromatic heterocycles. The summed E-state index contributed by atoms with van der Waals surface area (Å²) in [6.07, 6.45) is 23.8. The van der Waals surface area contributed by atoms with Crippen LogP contribution in [0, 0.1) is 13.8 Å². The topological polar surface area (TPSA) is 52.0 Å². The highest BCUT2D eigenvalue weighted by atomic mass is 14.6. The number of nitrogens with two attached hydrogens (primary N) is 2. The zero-order valence-corrected chi connectivity index (χ0v) is 24.2. The van der Waals surface area contributed by atoms with Crippen molar-refractivity contribution < 1.29 is 0 Å². The van der Waals surface area contributed by atoms with Gasteiger partial charge in [0, 0.05) is 11.4 Å². The van der Waals surface area contributed by atoms with Crippen LogP contribution in [0.4, 0.5) is 11.4 Å². The molecule has 0 heterocycles. The van der Waals surface area contributed by atoms with Gasteiger partial charge in [0.25, 0.3) is 0 Å². The van der Waals surface area contributed by atoms with Crippen LogP contribution in [0.2, 0.25) is 0 Å². The van der Waals surface area contributed by atoms with Crippen LogP contribution in [-0.2, 0) is 12.8 Å². The number of benzene rings is 2. The van der Waals surface area contributed by atoms with Crippen LogP contribution in [0.15, 0.2) is 24.3 Å². The highest BCUT2D eigenvalue weighted by molar-refractivity contribution is 5.79. The van der Waals surface area contributed by atoms with E-state index in [-0.39, 0.29) is 0 Å². The van der Waals surface area contributed by atoms with Gasteiger partial charge in [-0.3, -0.25) is 0 Å². The first-order valence-electron chi connectivity index (χ1n) is 15.3. The first kappa shape index (κ1) is 30.3. The fraction of sp³-hybridized carbons (Fsp3) is 0.647. The van der Waals surface area contributed by atoms with Gasteiger partial charge in [-0.25, -0.2) is 0 Å². The van der Waals surface area contributed by atoms with Crippen molar-refractivity contribution in [1.82, 2.24) is 0 Å². The number of hydrogen-bond donors (Lipinski definition) is 2. The van der Waals surface area contributed by atoms with Gasteiger partial charge >= 0.3 is 0 Å². The van der Waals surface area contributed by atoms with Crippen molar-refractivity contribution in [3.05, 3.63) is 46.5 Å². The Labute approximate surface area is 223 Å². The van der Waals surface area contributed by atoms with Crippen LogP contribution in [0.5, 0.6) is 0 Å². The monoisotopic (exact) mass is 492 g/mol. The van der Waals surface area contributed by atoms with Gasteiger partial charge in [0.05, 0.1) is 0 Å². The third-order valence-electron chi connectivity index (χ3n) is 8.09. The quantitative estimate of drug-likeness (QED) is 0.151. The largest absolute Gasteiger partial charge is 0.399 e. The lowest BCUT2D eigenvalue weighted by molar-refractivity contribution is 0.571. The molecule has 0 radical (unpaired) electrons. The Balaban J connectivity index is 2.14. The van der Waals surface area contributed by atoms with E-state index in [0.29, 0.717) is 0 Å². The molecule has 0 bridgehead atoms. The maximum Gasteiger partial charge on any atom is 0.0382 e. The summed E-state index contributed by atoms with van der Waals surface area (Å²) in [6.45, 7) is 9.05. The molecule has 0 aliphatic rings. The molecule has 0 saturated carbocycles. The van der Waals surface area contributed by atoms with Crippen LogP contribution in [0.1, 0.15) is 139 Å². The Hall–Kier alpha value is -1.96. The summed E-state index contributed by atoms with van der Waals surface area (Å²) in [6, 6.07) is 8.48. The maximum atomic E-state index is 6.83. The van der Waals surface area contributed by atoms with Gasteiger partial charge in [0.2, 0.25) is 0 Å². The molecule has 2 rings (SSSR count). The van der Waals surface area contributed by atoms with E-state index < -0.39 is 0 Å². The van der Waals surface area contributed by atoms with Crippen LogP contribution < -0.4 is 11.5 Å². The molecule has 36 heavy (non-hydrogen) atoms. The fourth-order valence-corrected chi connectivity index (χ4v) is 5.63. The first-order valence-corrected chi connectivity index (χ1v) is 15.3. The van der Waals surface area contributed by atoms with Gasteiger partial charge in [-0.05, 0) is 85.0 Å². The second-order valence-electron chi connectivity index (χ2n) is 11.1. The molecule has 2 nitrogen and oxygen atoms in total. The maximum absolute atomic E-state index is 6.83. The lowest BCUT2D eigenvalue weighted by Crippen LogP contribution is -2.08. The Morgan fingerprint density at radius 3 is 1.39 bits per heavy atom. The van der Waals surface area contributed by atoms with Crippen LogP contribution in [-0.4, -0.2) is 0 Å². The average molecular weight is 493 g/mol. The smallest absolute Gasteiger partial charge is 0.0382 e. The van der Waals surface area contributed by atoms with E-state index in [9.17, 15) is 0 Å². The highest BCUT2D eigenvalue weighted by Gasteiger charge is 2.19. The van der Waals surface area contributed by atoms with Crippen LogP contribution in [0.25, 0.3) is 11.1 Å². The summed E-state index contributed by atoms with van der Waals surface area (Å²) in [5.74, 6) is 0. The summed E-state index contributed by atoms with van der Waals surface area (Å²) in [5.41, 5.74) is 23.0. The molecule has 0 spiro atoms. The second-order valence-corrected chi connectivity index (χ2v) is 11.1. The van der Waals surface area contributed by atoms with E-state index in [4.69, 9.17) is 11.5 Å². The minimum Gasteiger partial charge on any atom is -0.399 e. The van der Waals surface area contributed by atoms with E-state index in [2.05, 4.69) is 39.8 Å². The molecule has 2 aromatic rings. The van der Waals surface area contributed by atoms with Gasteiger partial charge < -0.3 is 11.5 Å². The van der Waals surface area contributed by atoms with Gasteiger partial charge in [0.15, 0.2) is 0 Å². The predicted molar refractivity (Wildman–Crippen MR) is 163 cm³/mol. The second kappa shape index (κ2) is 17.5. The van der Waals surface area contributed by atoms with E-state index >= 15 is 0 Å². The lowest BCUT2D eigenvalue weighted by Gasteiger charge is -2.23. The number of anilines is 2. The molecule has 0 amide bonds. The summed E-state index contributed by atoms with van der Waals surface area (Å²) >= 11 is 0. The molecule has 2 heteroatoms. The van der Waals surface area contributed by atoms with E-state index in [1.54, 1.807) is 0 Å². The van der Waals surface area contributed by atoms with Crippen molar-refractivity contribution in [2.24, 2.45) is 0 Å². The van der Waals surface area contributed by atoms with Crippen LogP contribution >= 0.6 is 0 Å². The van der Waals surface area contributed by atoms with Crippen molar-refractivity contribution in [2.45, 2.75) is 143 Å². The van der Waals surface area contributed by atoms with E-state index in [0.717, 1.165) is 24.2 Å². The molecule has 4 N–H and O–H groups in total. The Kier molecular flexibility index (Phi) is 14.7. The minimum absolute atomic E-state index is 0.826. The molecule has 2 aromatic carbocycles. The SMILES string of the molecule is CCCCCCCCCCc1c(N)c(C)c(C)c(-c2ccc(N)cc2)c1CCCCCCCCCC. The predicted octanol–water partition coefficient (Wildman–Crippen LogP) is 10.5. The summed E-state index contributed by atoms with van der Waals surface area (Å²) in [4.78, 5) is 0. The Morgan fingerprint density at radius 2 is 0.917 bits per heavy atom. The number of hydrogen-bond acceptors (Lipinski definition) is 2. The molecular formula is C34H56N2. The normalized spacial score (nSPS) is 11.3. The Bertz CT molecular complexity index is 866. The van der Waals surface area contributed by atoms with Crippen molar-refractivity contribution in [3.8, 4) is 11.1 Å². The summed E-state index contributed by atoms with van der Waals surface area (Å²) in [7, 11) is 0. The summed E-state index contributed by atoms with van der Waals surface area (Å²) < 4.78 is 0. The zero-order valence-electron chi connectivity index (χ0n) is 24.2. The third-order valence-corrected chi connectivity index (χ3v) is 8.09. The molecule has 0 fully saturated rings. The van der Waals surface area contributed by atoms with Crippen molar-refractivity contribution in [1.29, 1.82) is 0 Å². The first-order chi connectivity index (χ1) is 17.5. The molecule has 0 aliphatic carbocycles. The average Bonchev–Trinajstić information content (AvgIpc) is 2.88. The third kappa shape index (κ3) is 9.83. The van der Waals surface area contributed by atoms with Gasteiger partial charge in [-0.1, -0.05) is 116 Å². The number of nitrogen functional groups attached to an aromatic ring is 2. The van der Waals surface area contributed by atoms with Crippen molar-refractivity contribution >= 4 is 11.4 Å². The van der Waals surface area contributed by atoms with Crippen molar-refractivity contribution in [3.63, 3.8) is 0 Å². The Morgan fingerprint density at radius 1 is 0.500 bits per heavy atom. The molecule has 0 unspecified atom stereocenters. The molecule has 202 valence electrons.